The summed E-state index contributed by atoms with van der Waals surface area (Å²) in [5, 5.41) is 5.88. The number of ketones is 1. The van der Waals surface area contributed by atoms with Crippen molar-refractivity contribution in [3.8, 4) is 22.3 Å². The molecule has 6 rings (SSSR count). The maximum absolute atomic E-state index is 12.4. The number of ether oxygens (including phenoxy) is 2. The molecule has 4 aromatic carbocycles. The van der Waals surface area contributed by atoms with Crippen molar-refractivity contribution in [2.45, 2.75) is 63.8 Å². The van der Waals surface area contributed by atoms with Gasteiger partial charge in [0.15, 0.2) is 5.78 Å². The minimum absolute atomic E-state index is 0.0177. The number of benzene rings is 4. The van der Waals surface area contributed by atoms with E-state index in [0.717, 1.165) is 19.4 Å². The van der Waals surface area contributed by atoms with Crippen molar-refractivity contribution in [3.63, 3.8) is 0 Å². The first-order valence-corrected chi connectivity index (χ1v) is 17.7. The first-order valence-electron chi connectivity index (χ1n) is 17.7. The van der Waals surface area contributed by atoms with Crippen LogP contribution in [0.25, 0.3) is 22.3 Å². The normalized spacial score (nSPS) is 12.8. The zero-order valence-corrected chi connectivity index (χ0v) is 29.7. The van der Waals surface area contributed by atoms with Crippen LogP contribution in [0.2, 0.25) is 0 Å². The second kappa shape index (κ2) is 19.4. The van der Waals surface area contributed by atoms with Crippen molar-refractivity contribution in [2.75, 3.05) is 33.9 Å². The Balaban J connectivity index is 0.000000230. The number of nitrogens with one attached hydrogen (secondary N) is 2. The first-order chi connectivity index (χ1) is 24.5. The number of rotatable bonds is 13. The summed E-state index contributed by atoms with van der Waals surface area (Å²) in [6, 6.07) is 32.7. The number of amides is 1. The average Bonchev–Trinajstić information content (AvgIpc) is 3.67. The van der Waals surface area contributed by atoms with Crippen LogP contribution in [0.1, 0.15) is 80.0 Å². The third kappa shape index (κ3) is 9.25. The number of esters is 1. The molecule has 50 heavy (non-hydrogen) atoms. The SMILES string of the molecule is CCC(=O)C(CCCCNC)NC(=O)OCC1c2ccccc2-c2ccccc21.CCC(=O)OCC1c2ccccc2-c2ccccc21.CN. The fourth-order valence-corrected chi connectivity index (χ4v) is 6.71. The number of carbonyl (C=O) groups is 3. The largest absolute Gasteiger partial charge is 0.465 e. The highest BCUT2D eigenvalue weighted by molar-refractivity contribution is 5.87. The van der Waals surface area contributed by atoms with Gasteiger partial charge in [0.2, 0.25) is 0 Å². The monoisotopic (exact) mass is 677 g/mol. The number of unbranched alkanes of at least 4 members (excludes halogenated alkanes) is 1. The third-order valence-electron chi connectivity index (χ3n) is 9.20. The van der Waals surface area contributed by atoms with Gasteiger partial charge in [-0.25, -0.2) is 4.79 Å². The molecule has 0 fully saturated rings. The molecular weight excluding hydrogens is 626 g/mol. The molecule has 2 aliphatic rings. The Hall–Kier alpha value is -4.79. The summed E-state index contributed by atoms with van der Waals surface area (Å²) in [7, 11) is 3.41. The topological polar surface area (TPSA) is 120 Å². The lowest BCUT2D eigenvalue weighted by Gasteiger charge is -2.19. The van der Waals surface area contributed by atoms with Crippen molar-refractivity contribution in [1.82, 2.24) is 10.6 Å². The van der Waals surface area contributed by atoms with E-state index in [-0.39, 0.29) is 30.2 Å². The Morgan fingerprint density at radius 2 is 1.06 bits per heavy atom. The molecule has 4 aromatic rings. The van der Waals surface area contributed by atoms with E-state index in [0.29, 0.717) is 25.9 Å². The highest BCUT2D eigenvalue weighted by Crippen LogP contribution is 2.45. The summed E-state index contributed by atoms with van der Waals surface area (Å²) in [5.41, 5.74) is 14.3. The molecule has 0 heterocycles. The summed E-state index contributed by atoms with van der Waals surface area (Å²) in [6.07, 6.45) is 2.79. The van der Waals surface area contributed by atoms with E-state index in [4.69, 9.17) is 9.47 Å². The van der Waals surface area contributed by atoms with E-state index >= 15 is 0 Å². The van der Waals surface area contributed by atoms with Crippen LogP contribution in [0, 0.1) is 0 Å². The van der Waals surface area contributed by atoms with E-state index in [1.807, 2.05) is 57.3 Å². The molecule has 8 heteroatoms. The van der Waals surface area contributed by atoms with Crippen molar-refractivity contribution >= 4 is 17.8 Å². The van der Waals surface area contributed by atoms with Crippen molar-refractivity contribution in [1.29, 1.82) is 0 Å². The fourth-order valence-electron chi connectivity index (χ4n) is 6.71. The fraction of sp³-hybridized carbons (Fsp3) is 0.357. The van der Waals surface area contributed by atoms with Crippen LogP contribution in [0.3, 0.4) is 0 Å². The number of hydrogen-bond donors (Lipinski definition) is 3. The van der Waals surface area contributed by atoms with Crippen LogP contribution in [0.15, 0.2) is 97.1 Å². The third-order valence-corrected chi connectivity index (χ3v) is 9.20. The Morgan fingerprint density at radius 3 is 1.46 bits per heavy atom. The second-order valence-corrected chi connectivity index (χ2v) is 12.2. The highest BCUT2D eigenvalue weighted by Gasteiger charge is 2.30. The zero-order chi connectivity index (χ0) is 35.9. The van der Waals surface area contributed by atoms with Gasteiger partial charge in [-0.3, -0.25) is 9.59 Å². The lowest BCUT2D eigenvalue weighted by Crippen LogP contribution is -2.41. The van der Waals surface area contributed by atoms with Crippen LogP contribution in [0.5, 0.6) is 0 Å². The summed E-state index contributed by atoms with van der Waals surface area (Å²) in [4.78, 5) is 36.0. The lowest BCUT2D eigenvalue weighted by atomic mass is 9.98. The molecule has 0 bridgehead atoms. The van der Waals surface area contributed by atoms with Gasteiger partial charge in [-0.2, -0.15) is 0 Å². The molecular formula is C42H51N3O5. The number of Topliss-reactive ketones (excluding diaryl/α,β-unsaturated/α-hetero) is 1. The maximum atomic E-state index is 12.4. The average molecular weight is 678 g/mol. The maximum Gasteiger partial charge on any atom is 0.407 e. The van der Waals surface area contributed by atoms with E-state index in [9.17, 15) is 14.4 Å². The number of hydrogen-bond acceptors (Lipinski definition) is 7. The van der Waals surface area contributed by atoms with Crippen molar-refractivity contribution in [2.24, 2.45) is 5.73 Å². The molecule has 0 spiro atoms. The van der Waals surface area contributed by atoms with Gasteiger partial charge in [-0.1, -0.05) is 111 Å². The first kappa shape index (κ1) is 38.0. The van der Waals surface area contributed by atoms with Gasteiger partial charge in [0.1, 0.15) is 13.2 Å². The number of nitrogens with two attached hydrogens (primary N) is 1. The molecule has 1 unspecified atom stereocenters. The molecule has 0 aromatic heterocycles. The highest BCUT2D eigenvalue weighted by atomic mass is 16.5. The molecule has 4 N–H and O–H groups in total. The molecule has 1 amide bonds. The molecule has 2 aliphatic carbocycles. The number of alkyl carbamates (subject to hydrolysis) is 1. The standard InChI is InChI=1S/C24H30N2O3.C17H16O2.CH5N/c1-3-23(27)22(14-8-9-15-25-2)26-24(28)29-16-21-19-12-6-4-10-17(19)18-11-5-7-13-20(18)21;1-2-17(18)19-11-16-14-9-5-3-7-12(14)13-8-4-6-10-15(13)16;1-2/h4-7,10-13,21-22,25H,3,8-9,14-16H2,1-2H3,(H,26,28);3-10,16H,2,11H2,1H3;2H2,1H3. The molecule has 8 nitrogen and oxygen atoms in total. The van der Waals surface area contributed by atoms with Crippen LogP contribution in [-0.4, -0.2) is 57.7 Å². The van der Waals surface area contributed by atoms with Crippen LogP contribution in [0.4, 0.5) is 4.79 Å². The lowest BCUT2D eigenvalue weighted by molar-refractivity contribution is -0.143. The van der Waals surface area contributed by atoms with Gasteiger partial charge in [0.25, 0.3) is 0 Å². The summed E-state index contributed by atoms with van der Waals surface area (Å²) >= 11 is 0. The van der Waals surface area contributed by atoms with Crippen molar-refractivity contribution < 1.29 is 23.9 Å². The Kier molecular flexibility index (Phi) is 14.8. The van der Waals surface area contributed by atoms with Crippen LogP contribution < -0.4 is 16.4 Å². The summed E-state index contributed by atoms with van der Waals surface area (Å²) in [6.45, 7) is 5.23. The molecule has 0 saturated carbocycles. The number of fused-ring (bicyclic) bond motifs is 6. The Morgan fingerprint density at radius 1 is 0.640 bits per heavy atom. The van der Waals surface area contributed by atoms with Crippen LogP contribution >= 0.6 is 0 Å². The molecule has 1 atom stereocenters. The van der Waals surface area contributed by atoms with E-state index in [1.165, 1.54) is 51.6 Å². The predicted molar refractivity (Wildman–Crippen MR) is 200 cm³/mol. The Bertz CT molecular complexity index is 1630. The van der Waals surface area contributed by atoms with Gasteiger partial charge in [0, 0.05) is 24.7 Å². The summed E-state index contributed by atoms with van der Waals surface area (Å²) in [5.74, 6) is 0.0943. The van der Waals surface area contributed by atoms with Gasteiger partial charge >= 0.3 is 12.1 Å². The van der Waals surface area contributed by atoms with Gasteiger partial charge < -0.3 is 25.8 Å². The van der Waals surface area contributed by atoms with E-state index in [1.54, 1.807) is 0 Å². The molecule has 0 aliphatic heterocycles. The minimum atomic E-state index is -0.521. The Labute approximate surface area is 296 Å². The van der Waals surface area contributed by atoms with Gasteiger partial charge in [-0.05, 0) is 84.4 Å². The van der Waals surface area contributed by atoms with Crippen LogP contribution in [-0.2, 0) is 19.1 Å². The van der Waals surface area contributed by atoms with Crippen molar-refractivity contribution in [3.05, 3.63) is 119 Å². The molecule has 0 radical (unpaired) electrons. The smallest absolute Gasteiger partial charge is 0.407 e. The van der Waals surface area contributed by atoms with Gasteiger partial charge in [-0.15, -0.1) is 0 Å². The van der Waals surface area contributed by atoms with Gasteiger partial charge in [0.05, 0.1) is 6.04 Å². The summed E-state index contributed by atoms with van der Waals surface area (Å²) < 4.78 is 10.9. The van der Waals surface area contributed by atoms with E-state index < -0.39 is 12.1 Å². The number of carbonyl (C=O) groups excluding carboxylic acids is 3. The second-order valence-electron chi connectivity index (χ2n) is 12.2. The molecule has 0 saturated heterocycles. The molecule has 264 valence electrons. The van der Waals surface area contributed by atoms with E-state index in [2.05, 4.69) is 77.0 Å². The minimum Gasteiger partial charge on any atom is -0.465 e. The zero-order valence-electron chi connectivity index (χ0n) is 29.7. The quantitative estimate of drug-likeness (QED) is 0.0986. The predicted octanol–water partition coefficient (Wildman–Crippen LogP) is 7.59.